The molecule has 0 unspecified atom stereocenters. The van der Waals surface area contributed by atoms with Crippen LogP contribution in [-0.4, -0.2) is 29.2 Å². The van der Waals surface area contributed by atoms with E-state index >= 15 is 0 Å². The number of carboxylic acid groups (broad SMARTS) is 1. The van der Waals surface area contributed by atoms with Crippen LogP contribution in [0.3, 0.4) is 0 Å². The van der Waals surface area contributed by atoms with Gasteiger partial charge in [0, 0.05) is 17.8 Å². The molecule has 0 aromatic heterocycles. The lowest BCUT2D eigenvalue weighted by molar-refractivity contribution is -0.385. The van der Waals surface area contributed by atoms with Crippen molar-refractivity contribution < 1.29 is 19.6 Å². The van der Waals surface area contributed by atoms with E-state index in [1.807, 2.05) is 6.92 Å². The van der Waals surface area contributed by atoms with Crippen LogP contribution >= 0.6 is 0 Å². The smallest absolute Gasteiger partial charge is 0.326 e. The lowest BCUT2D eigenvalue weighted by atomic mass is 10.1. The normalized spacial score (nSPS) is 11.7. The van der Waals surface area contributed by atoms with Gasteiger partial charge in [0.1, 0.15) is 6.04 Å². The first-order valence-electron chi connectivity index (χ1n) is 6.31. The molecule has 1 aromatic rings. The summed E-state index contributed by atoms with van der Waals surface area (Å²) in [5.41, 5.74) is 0.328. The number of rotatable bonds is 8. The van der Waals surface area contributed by atoms with E-state index in [2.05, 4.69) is 5.32 Å². The largest absolute Gasteiger partial charge is 0.490 e. The summed E-state index contributed by atoms with van der Waals surface area (Å²) in [5.74, 6) is -0.851. The van der Waals surface area contributed by atoms with Crippen molar-refractivity contribution >= 4 is 17.3 Å². The van der Waals surface area contributed by atoms with Gasteiger partial charge in [0.15, 0.2) is 5.75 Å². The number of carbonyl (C=O) groups is 1. The third-order valence-corrected chi connectivity index (χ3v) is 2.86. The fourth-order valence-corrected chi connectivity index (χ4v) is 1.79. The van der Waals surface area contributed by atoms with Crippen molar-refractivity contribution in [1.29, 1.82) is 0 Å². The van der Waals surface area contributed by atoms with E-state index < -0.39 is 16.9 Å². The molecule has 0 fully saturated rings. The zero-order valence-electron chi connectivity index (χ0n) is 11.5. The van der Waals surface area contributed by atoms with Crippen LogP contribution in [0.4, 0.5) is 11.4 Å². The number of ether oxygens (including phenoxy) is 1. The van der Waals surface area contributed by atoms with Gasteiger partial charge in [-0.2, -0.15) is 0 Å². The van der Waals surface area contributed by atoms with Gasteiger partial charge in [0.05, 0.1) is 12.0 Å². The molecule has 0 radical (unpaired) electrons. The first-order valence-corrected chi connectivity index (χ1v) is 6.31. The van der Waals surface area contributed by atoms with Gasteiger partial charge in [0.2, 0.25) is 0 Å². The van der Waals surface area contributed by atoms with Crippen molar-refractivity contribution in [2.75, 3.05) is 12.4 Å². The molecule has 1 aromatic carbocycles. The fourth-order valence-electron chi connectivity index (χ4n) is 1.79. The number of hydrogen-bond acceptors (Lipinski definition) is 5. The Morgan fingerprint density at radius 1 is 1.55 bits per heavy atom. The van der Waals surface area contributed by atoms with Crippen LogP contribution in [0.5, 0.6) is 5.75 Å². The van der Waals surface area contributed by atoms with E-state index in [0.717, 1.165) is 12.8 Å². The summed E-state index contributed by atoms with van der Waals surface area (Å²) in [6, 6.07) is 3.48. The van der Waals surface area contributed by atoms with Gasteiger partial charge in [0.25, 0.3) is 0 Å². The minimum atomic E-state index is -0.948. The summed E-state index contributed by atoms with van der Waals surface area (Å²) in [4.78, 5) is 21.4. The Labute approximate surface area is 116 Å². The summed E-state index contributed by atoms with van der Waals surface area (Å²) in [6.45, 7) is 1.98. The number of unbranched alkanes of at least 4 members (excludes halogenated alkanes) is 1. The maximum absolute atomic E-state index is 11.1. The van der Waals surface area contributed by atoms with Gasteiger partial charge in [-0.15, -0.1) is 0 Å². The van der Waals surface area contributed by atoms with Crippen molar-refractivity contribution in [3.8, 4) is 5.75 Å². The Kier molecular flexibility index (Phi) is 5.76. The second-order valence-electron chi connectivity index (χ2n) is 4.32. The van der Waals surface area contributed by atoms with E-state index in [0.29, 0.717) is 12.1 Å². The van der Waals surface area contributed by atoms with Crippen molar-refractivity contribution in [1.82, 2.24) is 0 Å². The molecule has 1 atom stereocenters. The molecule has 0 saturated heterocycles. The Morgan fingerprint density at radius 2 is 2.25 bits per heavy atom. The standard InChI is InChI=1S/C13H18N2O5/c1-3-4-5-10(13(16)17)14-9-6-7-11(15(18)19)12(8-9)20-2/h6-8,10,14H,3-5H2,1-2H3,(H,16,17)/t10-/m0/s1. The van der Waals surface area contributed by atoms with Crippen molar-refractivity contribution in [3.63, 3.8) is 0 Å². The van der Waals surface area contributed by atoms with Crippen LogP contribution in [0.1, 0.15) is 26.2 Å². The third-order valence-electron chi connectivity index (χ3n) is 2.86. The van der Waals surface area contributed by atoms with E-state index in [9.17, 15) is 14.9 Å². The first kappa shape index (κ1) is 15.7. The molecule has 1 rings (SSSR count). The quantitative estimate of drug-likeness (QED) is 0.561. The van der Waals surface area contributed by atoms with E-state index in [-0.39, 0.29) is 11.4 Å². The topological polar surface area (TPSA) is 102 Å². The molecule has 20 heavy (non-hydrogen) atoms. The van der Waals surface area contributed by atoms with Crippen molar-refractivity contribution in [2.24, 2.45) is 0 Å². The minimum absolute atomic E-state index is 0.0969. The second-order valence-corrected chi connectivity index (χ2v) is 4.32. The number of benzene rings is 1. The van der Waals surface area contributed by atoms with Gasteiger partial charge in [-0.05, 0) is 12.5 Å². The molecular formula is C13H18N2O5. The Balaban J connectivity index is 2.90. The number of nitrogens with zero attached hydrogens (tertiary/aromatic N) is 1. The first-order chi connectivity index (χ1) is 9.49. The number of methoxy groups -OCH3 is 1. The molecule has 2 N–H and O–H groups in total. The SMILES string of the molecule is CCCC[C@H](Nc1ccc([N+](=O)[O-])c(OC)c1)C(=O)O. The molecule has 7 heteroatoms. The van der Waals surface area contributed by atoms with Crippen LogP contribution in [0, 0.1) is 10.1 Å². The Morgan fingerprint density at radius 3 is 2.75 bits per heavy atom. The van der Waals surface area contributed by atoms with Gasteiger partial charge < -0.3 is 15.2 Å². The summed E-state index contributed by atoms with van der Waals surface area (Å²) in [7, 11) is 1.33. The highest BCUT2D eigenvalue weighted by Crippen LogP contribution is 2.30. The molecule has 0 aliphatic rings. The van der Waals surface area contributed by atoms with E-state index in [1.54, 1.807) is 0 Å². The minimum Gasteiger partial charge on any atom is -0.490 e. The third kappa shape index (κ3) is 4.11. The van der Waals surface area contributed by atoms with Crippen LogP contribution in [-0.2, 0) is 4.79 Å². The Bertz CT molecular complexity index is 490. The van der Waals surface area contributed by atoms with Crippen molar-refractivity contribution in [3.05, 3.63) is 28.3 Å². The van der Waals surface area contributed by atoms with Crippen molar-refractivity contribution in [2.45, 2.75) is 32.2 Å². The molecular weight excluding hydrogens is 264 g/mol. The Hall–Kier alpha value is -2.31. The molecule has 0 aliphatic heterocycles. The lowest BCUT2D eigenvalue weighted by Crippen LogP contribution is -2.29. The van der Waals surface area contributed by atoms with Gasteiger partial charge in [-0.25, -0.2) is 4.79 Å². The molecule has 110 valence electrons. The maximum Gasteiger partial charge on any atom is 0.326 e. The molecule has 0 bridgehead atoms. The number of nitro benzene ring substituents is 1. The number of anilines is 1. The van der Waals surface area contributed by atoms with Crippen LogP contribution in [0.15, 0.2) is 18.2 Å². The maximum atomic E-state index is 11.1. The zero-order chi connectivity index (χ0) is 15.1. The van der Waals surface area contributed by atoms with Gasteiger partial charge in [-0.1, -0.05) is 19.8 Å². The van der Waals surface area contributed by atoms with Crippen LogP contribution < -0.4 is 10.1 Å². The predicted molar refractivity (Wildman–Crippen MR) is 74.2 cm³/mol. The molecule has 0 spiro atoms. The average molecular weight is 282 g/mol. The van der Waals surface area contributed by atoms with Gasteiger partial charge in [-0.3, -0.25) is 10.1 Å². The second kappa shape index (κ2) is 7.32. The molecule has 7 nitrogen and oxygen atoms in total. The fraction of sp³-hybridized carbons (Fsp3) is 0.462. The predicted octanol–water partition coefficient (Wildman–Crippen LogP) is 2.66. The van der Waals surface area contributed by atoms with Crippen LogP contribution in [0.25, 0.3) is 0 Å². The van der Waals surface area contributed by atoms with E-state index in [4.69, 9.17) is 9.84 Å². The number of carboxylic acids is 1. The highest BCUT2D eigenvalue weighted by molar-refractivity contribution is 5.77. The monoisotopic (exact) mass is 282 g/mol. The number of hydrogen-bond donors (Lipinski definition) is 2. The molecule has 0 saturated carbocycles. The summed E-state index contributed by atoms with van der Waals surface area (Å²) >= 11 is 0. The van der Waals surface area contributed by atoms with Gasteiger partial charge >= 0.3 is 11.7 Å². The highest BCUT2D eigenvalue weighted by Gasteiger charge is 2.19. The lowest BCUT2D eigenvalue weighted by Gasteiger charge is -2.15. The molecule has 0 amide bonds. The zero-order valence-corrected chi connectivity index (χ0v) is 11.5. The summed E-state index contributed by atoms with van der Waals surface area (Å²) in [5, 5.41) is 22.8. The molecule has 0 heterocycles. The number of nitrogens with one attached hydrogen (secondary N) is 1. The van der Waals surface area contributed by atoms with E-state index in [1.165, 1.54) is 25.3 Å². The number of aliphatic carboxylic acids is 1. The number of nitro groups is 1. The average Bonchev–Trinajstić information content (AvgIpc) is 2.42. The highest BCUT2D eigenvalue weighted by atomic mass is 16.6. The molecule has 0 aliphatic carbocycles. The summed E-state index contributed by atoms with van der Waals surface area (Å²) in [6.07, 6.45) is 2.17. The summed E-state index contributed by atoms with van der Waals surface area (Å²) < 4.78 is 4.94. The van der Waals surface area contributed by atoms with Crippen LogP contribution in [0.2, 0.25) is 0 Å².